The van der Waals surface area contributed by atoms with Gasteiger partial charge in [0.05, 0.1) is 17.6 Å². The summed E-state index contributed by atoms with van der Waals surface area (Å²) in [7, 11) is -3.80. The van der Waals surface area contributed by atoms with Crippen LogP contribution in [0.15, 0.2) is 36.4 Å². The maximum atomic E-state index is 13.9. The van der Waals surface area contributed by atoms with Crippen molar-refractivity contribution in [3.63, 3.8) is 0 Å². The number of hydrogen-bond acceptors (Lipinski definition) is 3. The van der Waals surface area contributed by atoms with E-state index in [0.717, 1.165) is 33.8 Å². The molecule has 0 bridgehead atoms. The zero-order valence-corrected chi connectivity index (χ0v) is 16.4. The molecule has 0 aromatic heterocycles. The molecule has 0 saturated carbocycles. The summed E-state index contributed by atoms with van der Waals surface area (Å²) >= 11 is 0. The fourth-order valence-electron chi connectivity index (χ4n) is 2.95. The van der Waals surface area contributed by atoms with Gasteiger partial charge >= 0.3 is 0 Å². The van der Waals surface area contributed by atoms with Crippen LogP contribution in [0.2, 0.25) is 0 Å². The lowest BCUT2D eigenvalue weighted by molar-refractivity contribution is -0.117. The van der Waals surface area contributed by atoms with Crippen LogP contribution in [0.5, 0.6) is 0 Å². The summed E-state index contributed by atoms with van der Waals surface area (Å²) in [5.41, 5.74) is 1.84. The van der Waals surface area contributed by atoms with Crippen LogP contribution in [0.3, 0.4) is 0 Å². The predicted octanol–water partition coefficient (Wildman–Crippen LogP) is 3.76. The number of aryl methyl sites for hydroxylation is 2. The van der Waals surface area contributed by atoms with E-state index in [1.165, 1.54) is 0 Å². The van der Waals surface area contributed by atoms with Crippen molar-refractivity contribution >= 4 is 27.3 Å². The van der Waals surface area contributed by atoms with Crippen molar-refractivity contribution in [1.29, 1.82) is 0 Å². The second kappa shape index (κ2) is 8.04. The summed E-state index contributed by atoms with van der Waals surface area (Å²) in [6.07, 6.45) is 1.17. The van der Waals surface area contributed by atoms with Crippen LogP contribution in [0.4, 0.5) is 20.2 Å². The molecule has 1 amide bonds. The van der Waals surface area contributed by atoms with Crippen LogP contribution >= 0.6 is 0 Å². The van der Waals surface area contributed by atoms with Crippen LogP contribution in [-0.2, 0) is 14.8 Å². The molecule has 1 N–H and O–H groups in total. The summed E-state index contributed by atoms with van der Waals surface area (Å²) in [4.78, 5) is 12.7. The fourth-order valence-corrected chi connectivity index (χ4v) is 4.14. The average Bonchev–Trinajstić information content (AvgIpc) is 2.52. The third-order valence-electron chi connectivity index (χ3n) is 3.98. The maximum absolute atomic E-state index is 13.9. The van der Waals surface area contributed by atoms with E-state index < -0.39 is 33.6 Å². The lowest BCUT2D eigenvalue weighted by Gasteiger charge is -2.30. The van der Waals surface area contributed by atoms with E-state index in [1.807, 2.05) is 19.9 Å². The summed E-state index contributed by atoms with van der Waals surface area (Å²) in [5.74, 6) is -2.41. The number of nitrogens with one attached hydrogen (secondary N) is 1. The number of nitrogens with zero attached hydrogens (tertiary/aromatic N) is 1. The Hall–Kier alpha value is -2.48. The van der Waals surface area contributed by atoms with E-state index in [1.54, 1.807) is 19.1 Å². The van der Waals surface area contributed by atoms with Gasteiger partial charge < -0.3 is 5.32 Å². The number of carbonyl (C=O) groups excluding carboxylic acids is 1. The molecular formula is C19H22F2N2O3S. The van der Waals surface area contributed by atoms with Gasteiger partial charge in [-0.05, 0) is 55.7 Å². The SMILES string of the molecule is CC[C@@H](C(=O)Nc1ccc(F)cc1F)N(c1cc(C)cc(C)c1)S(C)(=O)=O. The van der Waals surface area contributed by atoms with E-state index in [0.29, 0.717) is 11.8 Å². The molecule has 2 aromatic carbocycles. The van der Waals surface area contributed by atoms with Gasteiger partial charge in [0.1, 0.15) is 17.7 Å². The molecule has 8 heteroatoms. The quantitative estimate of drug-likeness (QED) is 0.808. The zero-order chi connectivity index (χ0) is 20.4. The van der Waals surface area contributed by atoms with E-state index in [2.05, 4.69) is 5.32 Å². The van der Waals surface area contributed by atoms with Gasteiger partial charge in [-0.15, -0.1) is 0 Å². The summed E-state index contributed by atoms with van der Waals surface area (Å²) in [6.45, 7) is 5.31. The smallest absolute Gasteiger partial charge is 0.248 e. The number of sulfonamides is 1. The normalized spacial score (nSPS) is 12.5. The minimum atomic E-state index is -3.80. The standard InChI is InChI=1S/C19H22F2N2O3S/c1-5-18(19(24)22-17-7-6-14(20)11-16(17)21)23(27(4,25)26)15-9-12(2)8-13(3)10-15/h6-11,18H,5H2,1-4H3,(H,22,24)/t18-/m0/s1. The highest BCUT2D eigenvalue weighted by atomic mass is 32.2. The first-order valence-electron chi connectivity index (χ1n) is 8.36. The molecule has 146 valence electrons. The topological polar surface area (TPSA) is 66.5 Å². The summed E-state index contributed by atoms with van der Waals surface area (Å²) in [6, 6.07) is 6.89. The fraction of sp³-hybridized carbons (Fsp3) is 0.316. The van der Waals surface area contributed by atoms with E-state index in [9.17, 15) is 22.0 Å². The molecular weight excluding hydrogens is 374 g/mol. The van der Waals surface area contributed by atoms with Gasteiger partial charge in [-0.1, -0.05) is 13.0 Å². The van der Waals surface area contributed by atoms with Crippen molar-refractivity contribution < 1.29 is 22.0 Å². The highest BCUT2D eigenvalue weighted by molar-refractivity contribution is 7.92. The summed E-state index contributed by atoms with van der Waals surface area (Å²) in [5, 5.41) is 2.35. The lowest BCUT2D eigenvalue weighted by Crippen LogP contribution is -2.47. The van der Waals surface area contributed by atoms with Crippen LogP contribution in [0, 0.1) is 25.5 Å². The van der Waals surface area contributed by atoms with Gasteiger partial charge in [-0.2, -0.15) is 0 Å². The van der Waals surface area contributed by atoms with Crippen molar-refractivity contribution in [2.45, 2.75) is 33.2 Å². The molecule has 0 aliphatic rings. The van der Waals surface area contributed by atoms with E-state index >= 15 is 0 Å². The van der Waals surface area contributed by atoms with Gasteiger partial charge in [-0.3, -0.25) is 9.10 Å². The molecule has 27 heavy (non-hydrogen) atoms. The molecule has 5 nitrogen and oxygen atoms in total. The number of carbonyl (C=O) groups is 1. The molecule has 0 aliphatic carbocycles. The Bertz CT molecular complexity index is 941. The Balaban J connectivity index is 2.44. The molecule has 0 unspecified atom stereocenters. The number of hydrogen-bond donors (Lipinski definition) is 1. The maximum Gasteiger partial charge on any atom is 0.248 e. The van der Waals surface area contributed by atoms with Gasteiger partial charge in [-0.25, -0.2) is 17.2 Å². The van der Waals surface area contributed by atoms with Crippen molar-refractivity contribution in [2.24, 2.45) is 0 Å². The number of amides is 1. The molecule has 0 spiro atoms. The Morgan fingerprint density at radius 3 is 2.19 bits per heavy atom. The molecule has 0 heterocycles. The minimum Gasteiger partial charge on any atom is -0.322 e. The number of anilines is 2. The highest BCUT2D eigenvalue weighted by Gasteiger charge is 2.32. The molecule has 0 radical (unpaired) electrons. The zero-order valence-electron chi connectivity index (χ0n) is 15.6. The Morgan fingerprint density at radius 1 is 1.11 bits per heavy atom. The van der Waals surface area contributed by atoms with Crippen molar-refractivity contribution in [1.82, 2.24) is 0 Å². The Morgan fingerprint density at radius 2 is 1.70 bits per heavy atom. The number of rotatable bonds is 6. The lowest BCUT2D eigenvalue weighted by atomic mass is 10.1. The second-order valence-electron chi connectivity index (χ2n) is 6.44. The molecule has 0 fully saturated rings. The monoisotopic (exact) mass is 396 g/mol. The van der Waals surface area contributed by atoms with Gasteiger partial charge in [0.15, 0.2) is 0 Å². The van der Waals surface area contributed by atoms with E-state index in [4.69, 9.17) is 0 Å². The Labute approximate surface area is 158 Å². The largest absolute Gasteiger partial charge is 0.322 e. The molecule has 2 aromatic rings. The highest BCUT2D eigenvalue weighted by Crippen LogP contribution is 2.26. The third kappa shape index (κ3) is 5.03. The second-order valence-corrected chi connectivity index (χ2v) is 8.30. The first kappa shape index (κ1) is 20.8. The van der Waals surface area contributed by atoms with Gasteiger partial charge in [0.25, 0.3) is 0 Å². The Kier molecular flexibility index (Phi) is 6.20. The van der Waals surface area contributed by atoms with Crippen molar-refractivity contribution in [2.75, 3.05) is 15.9 Å². The molecule has 2 rings (SSSR count). The van der Waals surface area contributed by atoms with Crippen LogP contribution in [0.1, 0.15) is 24.5 Å². The van der Waals surface area contributed by atoms with Gasteiger partial charge in [0.2, 0.25) is 15.9 Å². The first-order valence-corrected chi connectivity index (χ1v) is 10.2. The summed E-state index contributed by atoms with van der Waals surface area (Å²) < 4.78 is 52.8. The first-order chi connectivity index (χ1) is 12.5. The van der Waals surface area contributed by atoms with Crippen molar-refractivity contribution in [3.8, 4) is 0 Å². The number of benzene rings is 2. The van der Waals surface area contributed by atoms with E-state index in [-0.39, 0.29) is 12.1 Å². The number of halogens is 2. The molecule has 0 aliphatic heterocycles. The molecule has 0 saturated heterocycles. The minimum absolute atomic E-state index is 0.161. The van der Waals surface area contributed by atoms with Crippen LogP contribution in [-0.4, -0.2) is 26.6 Å². The van der Waals surface area contributed by atoms with Crippen LogP contribution in [0.25, 0.3) is 0 Å². The molecule has 1 atom stereocenters. The third-order valence-corrected chi connectivity index (χ3v) is 5.16. The average molecular weight is 396 g/mol. The predicted molar refractivity (Wildman–Crippen MR) is 102 cm³/mol. The van der Waals surface area contributed by atoms with Crippen molar-refractivity contribution in [3.05, 3.63) is 59.2 Å². The van der Waals surface area contributed by atoms with Gasteiger partial charge in [0, 0.05) is 6.07 Å². The van der Waals surface area contributed by atoms with Crippen LogP contribution < -0.4 is 9.62 Å².